The van der Waals surface area contributed by atoms with E-state index >= 15 is 0 Å². The fourth-order valence-corrected chi connectivity index (χ4v) is 1.38. The van der Waals surface area contributed by atoms with Crippen LogP contribution in [0.2, 0.25) is 0 Å². The summed E-state index contributed by atoms with van der Waals surface area (Å²) in [4.78, 5) is 11.3. The van der Waals surface area contributed by atoms with Crippen LogP contribution in [-0.4, -0.2) is 12.6 Å². The first-order valence-corrected chi connectivity index (χ1v) is 5.97. The SMILES string of the molecule is CC/C=C/NC(=O)NCCc1ccc(C)cc1. The highest BCUT2D eigenvalue weighted by molar-refractivity contribution is 5.74. The molecular weight excluding hydrogens is 212 g/mol. The standard InChI is InChI=1S/C14H20N2O/c1-3-4-10-15-14(17)16-11-9-13-7-5-12(2)6-8-13/h4-8,10H,3,9,11H2,1-2H3,(H2,15,16,17)/b10-4+. The van der Waals surface area contributed by atoms with Crippen LogP contribution in [0.3, 0.4) is 0 Å². The van der Waals surface area contributed by atoms with Gasteiger partial charge in [0.2, 0.25) is 0 Å². The Labute approximate surface area is 103 Å². The lowest BCUT2D eigenvalue weighted by Gasteiger charge is -2.05. The van der Waals surface area contributed by atoms with Gasteiger partial charge in [0.05, 0.1) is 0 Å². The van der Waals surface area contributed by atoms with Crippen molar-refractivity contribution in [2.75, 3.05) is 6.54 Å². The van der Waals surface area contributed by atoms with E-state index in [1.165, 1.54) is 11.1 Å². The normalized spacial score (nSPS) is 10.5. The highest BCUT2D eigenvalue weighted by atomic mass is 16.2. The van der Waals surface area contributed by atoms with Gasteiger partial charge >= 0.3 is 6.03 Å². The van der Waals surface area contributed by atoms with Gasteiger partial charge in [0, 0.05) is 12.7 Å². The van der Waals surface area contributed by atoms with Crippen LogP contribution in [-0.2, 0) is 6.42 Å². The average Bonchev–Trinajstić information content (AvgIpc) is 2.32. The van der Waals surface area contributed by atoms with Crippen molar-refractivity contribution in [1.29, 1.82) is 0 Å². The molecule has 92 valence electrons. The molecule has 0 heterocycles. The Morgan fingerprint density at radius 3 is 2.65 bits per heavy atom. The average molecular weight is 232 g/mol. The Hall–Kier alpha value is -1.77. The van der Waals surface area contributed by atoms with E-state index in [1.807, 2.05) is 13.0 Å². The van der Waals surface area contributed by atoms with Crippen molar-refractivity contribution in [2.45, 2.75) is 26.7 Å². The smallest absolute Gasteiger partial charge is 0.318 e. The third-order valence-electron chi connectivity index (χ3n) is 2.39. The van der Waals surface area contributed by atoms with Crippen molar-refractivity contribution in [2.24, 2.45) is 0 Å². The van der Waals surface area contributed by atoms with Gasteiger partial charge in [0.1, 0.15) is 0 Å². The molecule has 0 saturated heterocycles. The molecule has 2 amide bonds. The third-order valence-corrected chi connectivity index (χ3v) is 2.39. The molecule has 2 N–H and O–H groups in total. The molecule has 1 rings (SSSR count). The first-order chi connectivity index (χ1) is 8.22. The number of carbonyl (C=O) groups excluding carboxylic acids is 1. The van der Waals surface area contributed by atoms with E-state index in [-0.39, 0.29) is 6.03 Å². The Bertz CT molecular complexity index is 368. The highest BCUT2D eigenvalue weighted by Crippen LogP contribution is 2.02. The predicted octanol–water partition coefficient (Wildman–Crippen LogP) is 2.76. The molecule has 0 spiro atoms. The minimum atomic E-state index is -0.151. The largest absolute Gasteiger partial charge is 0.338 e. The maximum absolute atomic E-state index is 11.3. The molecule has 3 heteroatoms. The van der Waals surface area contributed by atoms with Gasteiger partial charge in [-0.05, 0) is 25.3 Å². The summed E-state index contributed by atoms with van der Waals surface area (Å²) in [6, 6.07) is 8.19. The summed E-state index contributed by atoms with van der Waals surface area (Å²) in [5, 5.41) is 5.45. The molecule has 0 saturated carbocycles. The van der Waals surface area contributed by atoms with Crippen LogP contribution in [0, 0.1) is 6.92 Å². The van der Waals surface area contributed by atoms with Crippen LogP contribution in [0.25, 0.3) is 0 Å². The second kappa shape index (κ2) is 7.49. The molecule has 3 nitrogen and oxygen atoms in total. The van der Waals surface area contributed by atoms with Gasteiger partial charge < -0.3 is 10.6 Å². The monoisotopic (exact) mass is 232 g/mol. The zero-order valence-electron chi connectivity index (χ0n) is 10.5. The number of benzene rings is 1. The first-order valence-electron chi connectivity index (χ1n) is 5.97. The van der Waals surface area contributed by atoms with E-state index in [9.17, 15) is 4.79 Å². The summed E-state index contributed by atoms with van der Waals surface area (Å²) >= 11 is 0. The Balaban J connectivity index is 2.21. The van der Waals surface area contributed by atoms with Crippen LogP contribution >= 0.6 is 0 Å². The van der Waals surface area contributed by atoms with Gasteiger partial charge in [-0.15, -0.1) is 0 Å². The van der Waals surface area contributed by atoms with Crippen LogP contribution in [0.4, 0.5) is 4.79 Å². The minimum absolute atomic E-state index is 0.151. The number of urea groups is 1. The van der Waals surface area contributed by atoms with E-state index < -0.39 is 0 Å². The number of hydrogen-bond acceptors (Lipinski definition) is 1. The van der Waals surface area contributed by atoms with Crippen molar-refractivity contribution < 1.29 is 4.79 Å². The van der Waals surface area contributed by atoms with E-state index in [0.717, 1.165) is 12.8 Å². The molecule has 0 aliphatic rings. The Kier molecular flexibility index (Phi) is 5.86. The molecule has 1 aromatic rings. The van der Waals surface area contributed by atoms with E-state index in [4.69, 9.17) is 0 Å². The molecular formula is C14H20N2O. The molecule has 0 aliphatic carbocycles. The quantitative estimate of drug-likeness (QED) is 0.805. The van der Waals surface area contributed by atoms with E-state index in [2.05, 4.69) is 41.8 Å². The summed E-state index contributed by atoms with van der Waals surface area (Å²) in [7, 11) is 0. The lowest BCUT2D eigenvalue weighted by molar-refractivity contribution is 0.244. The minimum Gasteiger partial charge on any atom is -0.338 e. The maximum Gasteiger partial charge on any atom is 0.318 e. The summed E-state index contributed by atoms with van der Waals surface area (Å²) in [6.45, 7) is 4.73. The lowest BCUT2D eigenvalue weighted by atomic mass is 10.1. The van der Waals surface area contributed by atoms with Crippen LogP contribution in [0.5, 0.6) is 0 Å². The fraction of sp³-hybridized carbons (Fsp3) is 0.357. The zero-order chi connectivity index (χ0) is 12.5. The van der Waals surface area contributed by atoms with Crippen LogP contribution in [0.15, 0.2) is 36.5 Å². The topological polar surface area (TPSA) is 41.1 Å². The molecule has 0 aromatic heterocycles. The van der Waals surface area contributed by atoms with Gasteiger partial charge in [-0.3, -0.25) is 0 Å². The van der Waals surface area contributed by atoms with Gasteiger partial charge in [-0.25, -0.2) is 4.79 Å². The molecule has 0 unspecified atom stereocenters. The number of nitrogens with one attached hydrogen (secondary N) is 2. The Morgan fingerprint density at radius 2 is 2.00 bits per heavy atom. The summed E-state index contributed by atoms with van der Waals surface area (Å²) in [5.41, 5.74) is 2.49. The second-order valence-corrected chi connectivity index (χ2v) is 3.95. The fourth-order valence-electron chi connectivity index (χ4n) is 1.38. The molecule has 0 atom stereocenters. The third kappa shape index (κ3) is 5.76. The molecule has 0 radical (unpaired) electrons. The predicted molar refractivity (Wildman–Crippen MR) is 70.8 cm³/mol. The number of carbonyl (C=O) groups is 1. The van der Waals surface area contributed by atoms with E-state index in [1.54, 1.807) is 6.20 Å². The van der Waals surface area contributed by atoms with Crippen molar-refractivity contribution in [3.63, 3.8) is 0 Å². The van der Waals surface area contributed by atoms with Crippen molar-refractivity contribution in [3.8, 4) is 0 Å². The number of amides is 2. The lowest BCUT2D eigenvalue weighted by Crippen LogP contribution is -2.33. The summed E-state index contributed by atoms with van der Waals surface area (Å²) in [5.74, 6) is 0. The van der Waals surface area contributed by atoms with Gasteiger partial charge in [-0.1, -0.05) is 42.8 Å². The number of hydrogen-bond donors (Lipinski definition) is 2. The molecule has 0 bridgehead atoms. The van der Waals surface area contributed by atoms with Gasteiger partial charge in [0.25, 0.3) is 0 Å². The van der Waals surface area contributed by atoms with Crippen molar-refractivity contribution in [3.05, 3.63) is 47.7 Å². The Morgan fingerprint density at radius 1 is 1.29 bits per heavy atom. The summed E-state index contributed by atoms with van der Waals surface area (Å²) in [6.07, 6.45) is 5.34. The number of rotatable bonds is 5. The van der Waals surface area contributed by atoms with Crippen molar-refractivity contribution in [1.82, 2.24) is 10.6 Å². The molecule has 0 aliphatic heterocycles. The first kappa shape index (κ1) is 13.3. The highest BCUT2D eigenvalue weighted by Gasteiger charge is 1.97. The molecule has 1 aromatic carbocycles. The molecule has 17 heavy (non-hydrogen) atoms. The maximum atomic E-state index is 11.3. The van der Waals surface area contributed by atoms with Crippen LogP contribution in [0.1, 0.15) is 24.5 Å². The number of aryl methyl sites for hydroxylation is 1. The summed E-state index contributed by atoms with van der Waals surface area (Å²) < 4.78 is 0. The van der Waals surface area contributed by atoms with Gasteiger partial charge in [-0.2, -0.15) is 0 Å². The number of allylic oxidation sites excluding steroid dienone is 1. The molecule has 0 fully saturated rings. The van der Waals surface area contributed by atoms with Gasteiger partial charge in [0.15, 0.2) is 0 Å². The van der Waals surface area contributed by atoms with Crippen molar-refractivity contribution >= 4 is 6.03 Å². The second-order valence-electron chi connectivity index (χ2n) is 3.95. The van der Waals surface area contributed by atoms with Crippen LogP contribution < -0.4 is 10.6 Å². The zero-order valence-corrected chi connectivity index (χ0v) is 10.5. The van der Waals surface area contributed by atoms with E-state index in [0.29, 0.717) is 6.54 Å².